The largest absolute Gasteiger partial charge is 0.383 e. The zero-order chi connectivity index (χ0) is 14.5. The lowest BCUT2D eigenvalue weighted by Crippen LogP contribution is -2.24. The lowest BCUT2D eigenvalue weighted by molar-refractivity contribution is 0.182. The summed E-state index contributed by atoms with van der Waals surface area (Å²) in [5.74, 6) is 0. The fourth-order valence-corrected chi connectivity index (χ4v) is 2.78. The van der Waals surface area contributed by atoms with Crippen molar-refractivity contribution < 1.29 is 4.74 Å². The maximum atomic E-state index is 5.14. The van der Waals surface area contributed by atoms with Crippen molar-refractivity contribution in [1.29, 1.82) is 0 Å². The quantitative estimate of drug-likeness (QED) is 0.878. The molecular formula is C14H19BrN4O. The van der Waals surface area contributed by atoms with Gasteiger partial charge < -0.3 is 10.1 Å². The molecule has 0 saturated heterocycles. The summed E-state index contributed by atoms with van der Waals surface area (Å²) in [6.07, 6.45) is 3.63. The number of rotatable bonds is 6. The molecule has 0 aromatic carbocycles. The molecular weight excluding hydrogens is 320 g/mol. The second-order valence-corrected chi connectivity index (χ2v) is 5.35. The Morgan fingerprint density at radius 1 is 1.50 bits per heavy atom. The summed E-state index contributed by atoms with van der Waals surface area (Å²) in [4.78, 5) is 4.37. The molecule has 5 nitrogen and oxygen atoms in total. The Balaban J connectivity index is 2.42. The molecule has 0 aliphatic carbocycles. The standard InChI is InChI=1S/C14H19BrN4O/c1-10-11(5-4-6-17-10)13(16-2)14-12(15)9-18-19(14)7-8-20-3/h4-6,9,13,16H,7-8H2,1-3H3. The van der Waals surface area contributed by atoms with Crippen LogP contribution in [0.4, 0.5) is 0 Å². The van der Waals surface area contributed by atoms with Gasteiger partial charge in [-0.25, -0.2) is 0 Å². The van der Waals surface area contributed by atoms with Gasteiger partial charge in [0.2, 0.25) is 0 Å². The molecule has 0 fully saturated rings. The summed E-state index contributed by atoms with van der Waals surface area (Å²) in [7, 11) is 3.64. The average molecular weight is 339 g/mol. The number of methoxy groups -OCH3 is 1. The van der Waals surface area contributed by atoms with Crippen LogP contribution in [0.3, 0.4) is 0 Å². The number of aromatic nitrogens is 3. The average Bonchev–Trinajstić information content (AvgIpc) is 2.81. The minimum atomic E-state index is 0.0393. The molecule has 6 heteroatoms. The van der Waals surface area contributed by atoms with Gasteiger partial charge in [0.1, 0.15) is 0 Å². The molecule has 2 heterocycles. The van der Waals surface area contributed by atoms with Gasteiger partial charge in [-0.1, -0.05) is 6.07 Å². The SMILES string of the molecule is CNC(c1cccnc1C)c1c(Br)cnn1CCOC. The second-order valence-electron chi connectivity index (χ2n) is 4.49. The topological polar surface area (TPSA) is 52.0 Å². The van der Waals surface area contributed by atoms with E-state index < -0.39 is 0 Å². The van der Waals surface area contributed by atoms with Crippen molar-refractivity contribution >= 4 is 15.9 Å². The maximum Gasteiger partial charge on any atom is 0.0775 e. The smallest absolute Gasteiger partial charge is 0.0775 e. The number of halogens is 1. The molecule has 0 bridgehead atoms. The highest BCUT2D eigenvalue weighted by molar-refractivity contribution is 9.10. The first kappa shape index (κ1) is 15.2. The van der Waals surface area contributed by atoms with Crippen LogP contribution in [0.1, 0.15) is 23.0 Å². The molecule has 1 atom stereocenters. The number of hydrogen-bond acceptors (Lipinski definition) is 4. The highest BCUT2D eigenvalue weighted by atomic mass is 79.9. The highest BCUT2D eigenvalue weighted by Gasteiger charge is 2.22. The van der Waals surface area contributed by atoms with E-state index in [1.807, 2.05) is 37.1 Å². The summed E-state index contributed by atoms with van der Waals surface area (Å²) in [5, 5.41) is 7.75. The van der Waals surface area contributed by atoms with E-state index in [0.29, 0.717) is 6.61 Å². The number of nitrogens with zero attached hydrogens (tertiary/aromatic N) is 3. The predicted octanol–water partition coefficient (Wildman–Crippen LogP) is 2.30. The Hall–Kier alpha value is -1.24. The first-order valence-corrected chi connectivity index (χ1v) is 7.27. The van der Waals surface area contributed by atoms with Crippen molar-refractivity contribution in [2.75, 3.05) is 20.8 Å². The molecule has 20 heavy (non-hydrogen) atoms. The van der Waals surface area contributed by atoms with Gasteiger partial charge >= 0.3 is 0 Å². The Morgan fingerprint density at radius 3 is 2.95 bits per heavy atom. The van der Waals surface area contributed by atoms with E-state index in [1.54, 1.807) is 7.11 Å². The van der Waals surface area contributed by atoms with Crippen molar-refractivity contribution in [3.8, 4) is 0 Å². The highest BCUT2D eigenvalue weighted by Crippen LogP contribution is 2.29. The third-order valence-corrected chi connectivity index (χ3v) is 3.87. The summed E-state index contributed by atoms with van der Waals surface area (Å²) in [6.45, 7) is 3.36. The Kier molecular flexibility index (Phi) is 5.28. The van der Waals surface area contributed by atoms with Crippen LogP contribution in [0.5, 0.6) is 0 Å². The summed E-state index contributed by atoms with van der Waals surface area (Å²) in [6, 6.07) is 4.08. The second kappa shape index (κ2) is 6.97. The molecule has 108 valence electrons. The van der Waals surface area contributed by atoms with Crippen molar-refractivity contribution in [1.82, 2.24) is 20.1 Å². The fourth-order valence-electron chi connectivity index (χ4n) is 2.26. The third kappa shape index (κ3) is 3.08. The van der Waals surface area contributed by atoms with E-state index in [0.717, 1.165) is 28.0 Å². The van der Waals surface area contributed by atoms with Gasteiger partial charge in [0.15, 0.2) is 0 Å². The lowest BCUT2D eigenvalue weighted by atomic mass is 10.0. The Bertz CT molecular complexity index is 570. The van der Waals surface area contributed by atoms with Crippen LogP contribution in [0.15, 0.2) is 29.0 Å². The minimum Gasteiger partial charge on any atom is -0.383 e. The Labute approximate surface area is 127 Å². The van der Waals surface area contributed by atoms with Crippen LogP contribution in [0, 0.1) is 6.92 Å². The van der Waals surface area contributed by atoms with Gasteiger partial charge in [-0.2, -0.15) is 5.10 Å². The molecule has 0 aliphatic rings. The van der Waals surface area contributed by atoms with Crippen LogP contribution >= 0.6 is 15.9 Å². The predicted molar refractivity (Wildman–Crippen MR) is 81.7 cm³/mol. The van der Waals surface area contributed by atoms with E-state index in [9.17, 15) is 0 Å². The molecule has 1 unspecified atom stereocenters. The van der Waals surface area contributed by atoms with E-state index >= 15 is 0 Å². The Morgan fingerprint density at radius 2 is 2.30 bits per heavy atom. The van der Waals surface area contributed by atoms with Crippen LogP contribution in [0.2, 0.25) is 0 Å². The van der Waals surface area contributed by atoms with Gasteiger partial charge in [-0.3, -0.25) is 9.67 Å². The van der Waals surface area contributed by atoms with Crippen LogP contribution < -0.4 is 5.32 Å². The van der Waals surface area contributed by atoms with Gasteiger partial charge in [0.05, 0.1) is 35.6 Å². The van der Waals surface area contributed by atoms with Crippen LogP contribution in [0.25, 0.3) is 0 Å². The molecule has 0 saturated carbocycles. The van der Waals surface area contributed by atoms with E-state index in [2.05, 4.69) is 37.4 Å². The zero-order valence-electron chi connectivity index (χ0n) is 11.9. The van der Waals surface area contributed by atoms with E-state index in [1.165, 1.54) is 0 Å². The molecule has 2 aromatic heterocycles. The lowest BCUT2D eigenvalue weighted by Gasteiger charge is -2.20. The van der Waals surface area contributed by atoms with Gasteiger partial charge in [-0.05, 0) is 41.5 Å². The van der Waals surface area contributed by atoms with Crippen molar-refractivity contribution in [2.24, 2.45) is 0 Å². The zero-order valence-corrected chi connectivity index (χ0v) is 13.5. The van der Waals surface area contributed by atoms with E-state index in [-0.39, 0.29) is 6.04 Å². The monoisotopic (exact) mass is 338 g/mol. The van der Waals surface area contributed by atoms with Gasteiger partial charge in [0.25, 0.3) is 0 Å². The third-order valence-electron chi connectivity index (χ3n) is 3.26. The molecule has 0 amide bonds. The maximum absolute atomic E-state index is 5.14. The van der Waals surface area contributed by atoms with E-state index in [4.69, 9.17) is 4.74 Å². The minimum absolute atomic E-state index is 0.0393. The van der Waals surface area contributed by atoms with Crippen molar-refractivity contribution in [3.05, 3.63) is 46.0 Å². The molecule has 1 N–H and O–H groups in total. The number of aryl methyl sites for hydroxylation is 1. The molecule has 2 rings (SSSR count). The van der Waals surface area contributed by atoms with Crippen molar-refractivity contribution in [3.63, 3.8) is 0 Å². The van der Waals surface area contributed by atoms with Crippen LogP contribution in [-0.4, -0.2) is 35.5 Å². The van der Waals surface area contributed by atoms with Crippen LogP contribution in [-0.2, 0) is 11.3 Å². The van der Waals surface area contributed by atoms with Crippen molar-refractivity contribution in [2.45, 2.75) is 19.5 Å². The molecule has 0 aliphatic heterocycles. The number of pyridine rings is 1. The molecule has 0 spiro atoms. The molecule has 2 aromatic rings. The number of hydrogen-bond donors (Lipinski definition) is 1. The normalized spacial score (nSPS) is 12.6. The summed E-state index contributed by atoms with van der Waals surface area (Å²) < 4.78 is 8.09. The first-order valence-electron chi connectivity index (χ1n) is 6.48. The number of ether oxygens (including phenoxy) is 1. The number of nitrogens with one attached hydrogen (secondary N) is 1. The summed E-state index contributed by atoms with van der Waals surface area (Å²) >= 11 is 3.59. The summed E-state index contributed by atoms with van der Waals surface area (Å²) in [5.41, 5.74) is 3.24. The van der Waals surface area contributed by atoms with Gasteiger partial charge in [0, 0.05) is 19.0 Å². The first-order chi connectivity index (χ1) is 9.69. The van der Waals surface area contributed by atoms with Gasteiger partial charge in [-0.15, -0.1) is 0 Å². The molecule has 0 radical (unpaired) electrons. The fraction of sp³-hybridized carbons (Fsp3) is 0.429.